The van der Waals surface area contributed by atoms with Crippen molar-refractivity contribution in [2.45, 2.75) is 19.4 Å². The number of hydrogen-bond acceptors (Lipinski definition) is 4. The number of hydrogen-bond donors (Lipinski definition) is 1. The van der Waals surface area contributed by atoms with Gasteiger partial charge in [0.1, 0.15) is 5.75 Å². The van der Waals surface area contributed by atoms with Crippen LogP contribution in [-0.4, -0.2) is 34.0 Å². The van der Waals surface area contributed by atoms with Crippen molar-refractivity contribution in [3.05, 3.63) is 46.4 Å². The number of aromatic hydroxyl groups is 1. The van der Waals surface area contributed by atoms with Gasteiger partial charge in [-0.15, -0.1) is 11.3 Å². The zero-order valence-electron chi connectivity index (χ0n) is 10.9. The van der Waals surface area contributed by atoms with Crippen LogP contribution in [0, 0.1) is 0 Å². The second-order valence-electron chi connectivity index (χ2n) is 4.44. The van der Waals surface area contributed by atoms with E-state index in [0.29, 0.717) is 0 Å². The monoisotopic (exact) mass is 276 g/mol. The second-order valence-corrected chi connectivity index (χ2v) is 5.47. The third-order valence-electron chi connectivity index (χ3n) is 3.09. The summed E-state index contributed by atoms with van der Waals surface area (Å²) in [6.45, 7) is 2.00. The predicted molar refractivity (Wildman–Crippen MR) is 75.5 cm³/mol. The maximum atomic E-state index is 12.3. The summed E-state index contributed by atoms with van der Waals surface area (Å²) in [4.78, 5) is 18.9. The van der Waals surface area contributed by atoms with E-state index in [1.54, 1.807) is 23.3 Å². The molecule has 0 radical (unpaired) electrons. The van der Waals surface area contributed by atoms with Crippen molar-refractivity contribution < 1.29 is 9.90 Å². The molecule has 2 aromatic heterocycles. The summed E-state index contributed by atoms with van der Waals surface area (Å²) in [6.07, 6.45) is 3.60. The number of pyridine rings is 1. The van der Waals surface area contributed by atoms with Crippen molar-refractivity contribution in [3.63, 3.8) is 0 Å². The van der Waals surface area contributed by atoms with Crippen molar-refractivity contribution in [3.8, 4) is 5.75 Å². The first-order chi connectivity index (χ1) is 9.09. The Kier molecular flexibility index (Phi) is 4.16. The fraction of sp³-hybridized carbons (Fsp3) is 0.286. The number of amides is 1. The van der Waals surface area contributed by atoms with E-state index in [9.17, 15) is 9.90 Å². The Balaban J connectivity index is 2.09. The van der Waals surface area contributed by atoms with Crippen molar-refractivity contribution in [2.24, 2.45) is 0 Å². The van der Waals surface area contributed by atoms with E-state index in [0.717, 1.165) is 6.42 Å². The molecule has 0 bridgehead atoms. The minimum absolute atomic E-state index is 0.0683. The lowest BCUT2D eigenvalue weighted by Crippen LogP contribution is -2.36. The molecule has 0 spiro atoms. The molecule has 1 atom stereocenters. The first-order valence-electron chi connectivity index (χ1n) is 6.02. The molecule has 0 aromatic carbocycles. The third kappa shape index (κ3) is 3.12. The lowest BCUT2D eigenvalue weighted by atomic mass is 10.1. The zero-order chi connectivity index (χ0) is 13.8. The van der Waals surface area contributed by atoms with Gasteiger partial charge in [0, 0.05) is 30.6 Å². The van der Waals surface area contributed by atoms with Crippen LogP contribution < -0.4 is 0 Å². The second kappa shape index (κ2) is 5.84. The highest BCUT2D eigenvalue weighted by Crippen LogP contribution is 2.19. The third-order valence-corrected chi connectivity index (χ3v) is 3.99. The van der Waals surface area contributed by atoms with E-state index in [-0.39, 0.29) is 23.3 Å². The Bertz CT molecular complexity index is 554. The lowest BCUT2D eigenvalue weighted by Gasteiger charge is -2.24. The van der Waals surface area contributed by atoms with Crippen LogP contribution in [0.15, 0.2) is 36.0 Å². The zero-order valence-corrected chi connectivity index (χ0v) is 11.7. The van der Waals surface area contributed by atoms with E-state index in [4.69, 9.17) is 0 Å². The Labute approximate surface area is 116 Å². The summed E-state index contributed by atoms with van der Waals surface area (Å²) in [5.41, 5.74) is 0.288. The summed E-state index contributed by atoms with van der Waals surface area (Å²) >= 11 is 1.68. The average Bonchev–Trinajstić information content (AvgIpc) is 2.90. The minimum Gasteiger partial charge on any atom is -0.505 e. The summed E-state index contributed by atoms with van der Waals surface area (Å²) in [6, 6.07) is 5.66. The minimum atomic E-state index is -0.191. The molecule has 2 rings (SSSR count). The number of carbonyl (C=O) groups excluding carboxylic acids is 1. The molecule has 1 N–H and O–H groups in total. The molecule has 5 heteroatoms. The van der Waals surface area contributed by atoms with Gasteiger partial charge in [-0.2, -0.15) is 0 Å². The normalized spacial score (nSPS) is 12.1. The molecule has 0 saturated carbocycles. The maximum Gasteiger partial charge on any atom is 0.257 e. The molecular formula is C14H16N2O2S. The summed E-state index contributed by atoms with van der Waals surface area (Å²) < 4.78 is 0. The smallest absolute Gasteiger partial charge is 0.257 e. The van der Waals surface area contributed by atoms with E-state index in [1.165, 1.54) is 23.3 Å². The van der Waals surface area contributed by atoms with Crippen LogP contribution in [0.2, 0.25) is 0 Å². The first-order valence-corrected chi connectivity index (χ1v) is 6.90. The fourth-order valence-electron chi connectivity index (χ4n) is 1.81. The molecule has 2 heterocycles. The largest absolute Gasteiger partial charge is 0.505 e. The number of thiophene rings is 1. The van der Waals surface area contributed by atoms with Gasteiger partial charge < -0.3 is 10.0 Å². The molecule has 0 aliphatic rings. The molecule has 0 aliphatic heterocycles. The number of carbonyl (C=O) groups is 1. The molecule has 100 valence electrons. The van der Waals surface area contributed by atoms with Gasteiger partial charge in [-0.25, -0.2) is 0 Å². The molecule has 0 saturated heterocycles. The maximum absolute atomic E-state index is 12.3. The van der Waals surface area contributed by atoms with Gasteiger partial charge in [0.15, 0.2) is 0 Å². The van der Waals surface area contributed by atoms with Crippen molar-refractivity contribution in [1.82, 2.24) is 9.88 Å². The Morgan fingerprint density at radius 3 is 2.95 bits per heavy atom. The van der Waals surface area contributed by atoms with Gasteiger partial charge in [0.2, 0.25) is 0 Å². The van der Waals surface area contributed by atoms with Gasteiger partial charge in [-0.3, -0.25) is 9.78 Å². The molecule has 2 aromatic rings. The summed E-state index contributed by atoms with van der Waals surface area (Å²) in [5.74, 6) is -0.272. The quantitative estimate of drug-likeness (QED) is 0.933. The van der Waals surface area contributed by atoms with Gasteiger partial charge in [0.25, 0.3) is 5.91 Å². The average molecular weight is 276 g/mol. The van der Waals surface area contributed by atoms with E-state index in [1.807, 2.05) is 18.4 Å². The Hall–Kier alpha value is -1.88. The topological polar surface area (TPSA) is 53.4 Å². The molecule has 19 heavy (non-hydrogen) atoms. The van der Waals surface area contributed by atoms with Crippen LogP contribution in [0.3, 0.4) is 0 Å². The molecule has 0 fully saturated rings. The van der Waals surface area contributed by atoms with Gasteiger partial charge in [-0.05, 0) is 24.4 Å². The first kappa shape index (κ1) is 13.5. The SMILES string of the molecule is CC(Cc1cccs1)N(C)C(=O)c1ccncc1O. The molecular weight excluding hydrogens is 260 g/mol. The van der Waals surface area contributed by atoms with Crippen molar-refractivity contribution >= 4 is 17.2 Å². The van der Waals surface area contributed by atoms with Crippen LogP contribution in [0.4, 0.5) is 0 Å². The Morgan fingerprint density at radius 1 is 1.53 bits per heavy atom. The predicted octanol–water partition coefficient (Wildman–Crippen LogP) is 2.55. The lowest BCUT2D eigenvalue weighted by molar-refractivity contribution is 0.0741. The summed E-state index contributed by atoms with van der Waals surface area (Å²) in [5, 5.41) is 11.7. The van der Waals surface area contributed by atoms with Crippen molar-refractivity contribution in [2.75, 3.05) is 7.05 Å². The number of rotatable bonds is 4. The van der Waals surface area contributed by atoms with E-state index < -0.39 is 0 Å². The molecule has 1 unspecified atom stereocenters. The highest BCUT2D eigenvalue weighted by molar-refractivity contribution is 7.09. The number of nitrogens with zero attached hydrogens (tertiary/aromatic N) is 2. The van der Waals surface area contributed by atoms with Crippen LogP contribution in [0.25, 0.3) is 0 Å². The highest BCUT2D eigenvalue weighted by Gasteiger charge is 2.20. The van der Waals surface area contributed by atoms with Crippen LogP contribution >= 0.6 is 11.3 Å². The molecule has 4 nitrogen and oxygen atoms in total. The molecule has 0 aliphatic carbocycles. The van der Waals surface area contributed by atoms with Gasteiger partial charge in [-0.1, -0.05) is 6.07 Å². The number of aromatic nitrogens is 1. The standard InChI is InChI=1S/C14H16N2O2S/c1-10(8-11-4-3-7-19-11)16(2)14(18)12-5-6-15-9-13(12)17/h3-7,9-10,17H,8H2,1-2H3. The van der Waals surface area contributed by atoms with Gasteiger partial charge in [0.05, 0.1) is 11.8 Å². The van der Waals surface area contributed by atoms with Crippen LogP contribution in [0.1, 0.15) is 22.2 Å². The van der Waals surface area contributed by atoms with E-state index in [2.05, 4.69) is 11.1 Å². The van der Waals surface area contributed by atoms with Crippen LogP contribution in [-0.2, 0) is 6.42 Å². The number of likely N-dealkylation sites (N-methyl/N-ethyl adjacent to an activating group) is 1. The summed E-state index contributed by atoms with van der Waals surface area (Å²) in [7, 11) is 1.75. The van der Waals surface area contributed by atoms with Crippen molar-refractivity contribution in [1.29, 1.82) is 0 Å². The highest BCUT2D eigenvalue weighted by atomic mass is 32.1. The fourth-order valence-corrected chi connectivity index (χ4v) is 2.64. The Morgan fingerprint density at radius 2 is 2.32 bits per heavy atom. The van der Waals surface area contributed by atoms with Gasteiger partial charge >= 0.3 is 0 Å². The van der Waals surface area contributed by atoms with Crippen LogP contribution in [0.5, 0.6) is 5.75 Å². The molecule has 1 amide bonds. The van der Waals surface area contributed by atoms with E-state index >= 15 is 0 Å².